The summed E-state index contributed by atoms with van der Waals surface area (Å²) in [5.41, 5.74) is 0.948. The fourth-order valence-corrected chi connectivity index (χ4v) is 3.83. The summed E-state index contributed by atoms with van der Waals surface area (Å²) in [5.74, 6) is -0.123. The first kappa shape index (κ1) is 18.0. The van der Waals surface area contributed by atoms with E-state index in [-0.39, 0.29) is 22.7 Å². The van der Waals surface area contributed by atoms with Crippen LogP contribution in [0.1, 0.15) is 41.3 Å². The molecule has 0 bridgehead atoms. The van der Waals surface area contributed by atoms with Gasteiger partial charge in [0.2, 0.25) is 0 Å². The molecule has 4 heterocycles. The Labute approximate surface area is 153 Å². The molecule has 27 heavy (non-hydrogen) atoms. The normalized spacial score (nSPS) is 19.1. The SMILES string of the molecule is Cc1cc(C(F)(F)F)c2c([C@@H]3CCCN(Cc4cnn(C)c4)C3)noc2n1. The van der Waals surface area contributed by atoms with Gasteiger partial charge in [-0.1, -0.05) is 5.16 Å². The molecule has 1 atom stereocenters. The summed E-state index contributed by atoms with van der Waals surface area (Å²) in [5, 5.41) is 8.17. The molecule has 0 spiro atoms. The van der Waals surface area contributed by atoms with Gasteiger partial charge in [-0.2, -0.15) is 18.3 Å². The molecule has 0 amide bonds. The van der Waals surface area contributed by atoms with Crippen molar-refractivity contribution in [3.8, 4) is 0 Å². The Hall–Kier alpha value is -2.42. The van der Waals surface area contributed by atoms with Crippen LogP contribution in [0.4, 0.5) is 13.2 Å². The van der Waals surface area contributed by atoms with Gasteiger partial charge >= 0.3 is 6.18 Å². The number of hydrogen-bond acceptors (Lipinski definition) is 5. The smallest absolute Gasteiger partial charge is 0.336 e. The number of hydrogen-bond donors (Lipinski definition) is 0. The summed E-state index contributed by atoms with van der Waals surface area (Å²) in [6.45, 7) is 3.75. The molecule has 0 N–H and O–H groups in total. The van der Waals surface area contributed by atoms with E-state index >= 15 is 0 Å². The Morgan fingerprint density at radius 1 is 1.33 bits per heavy atom. The molecule has 0 unspecified atom stereocenters. The average molecular weight is 379 g/mol. The summed E-state index contributed by atoms with van der Waals surface area (Å²) < 4.78 is 47.6. The third kappa shape index (κ3) is 3.55. The Morgan fingerprint density at radius 2 is 2.15 bits per heavy atom. The predicted octanol–water partition coefficient (Wildman–Crippen LogP) is 3.66. The molecule has 3 aromatic heterocycles. The molecule has 0 aromatic carbocycles. The first-order chi connectivity index (χ1) is 12.8. The third-order valence-electron chi connectivity index (χ3n) is 4.96. The predicted molar refractivity (Wildman–Crippen MR) is 92.0 cm³/mol. The van der Waals surface area contributed by atoms with Crippen molar-refractivity contribution in [3.05, 3.63) is 41.0 Å². The van der Waals surface area contributed by atoms with E-state index in [4.69, 9.17) is 4.52 Å². The number of piperidine rings is 1. The molecule has 9 heteroatoms. The molecule has 144 valence electrons. The van der Waals surface area contributed by atoms with Crippen molar-refractivity contribution in [1.29, 1.82) is 0 Å². The second kappa shape index (κ2) is 6.63. The number of pyridine rings is 1. The third-order valence-corrected chi connectivity index (χ3v) is 4.96. The lowest BCUT2D eigenvalue weighted by Gasteiger charge is -2.31. The molecule has 6 nitrogen and oxygen atoms in total. The minimum absolute atomic E-state index is 0.00123. The second-order valence-corrected chi connectivity index (χ2v) is 7.15. The van der Waals surface area contributed by atoms with Crippen LogP contribution in [0, 0.1) is 6.92 Å². The van der Waals surface area contributed by atoms with Crippen LogP contribution in [0.5, 0.6) is 0 Å². The van der Waals surface area contributed by atoms with Crippen LogP contribution >= 0.6 is 0 Å². The quantitative estimate of drug-likeness (QED) is 0.695. The van der Waals surface area contributed by atoms with E-state index in [1.54, 1.807) is 4.68 Å². The summed E-state index contributed by atoms with van der Waals surface area (Å²) in [6, 6.07) is 1.07. The van der Waals surface area contributed by atoms with Crippen LogP contribution < -0.4 is 0 Å². The Morgan fingerprint density at radius 3 is 2.85 bits per heavy atom. The molecule has 1 fully saturated rings. The van der Waals surface area contributed by atoms with Gasteiger partial charge in [0.15, 0.2) is 0 Å². The van der Waals surface area contributed by atoms with Gasteiger partial charge in [0.1, 0.15) is 0 Å². The van der Waals surface area contributed by atoms with E-state index in [9.17, 15) is 13.2 Å². The first-order valence-electron chi connectivity index (χ1n) is 8.85. The fourth-order valence-electron chi connectivity index (χ4n) is 3.83. The largest absolute Gasteiger partial charge is 0.417 e. The summed E-state index contributed by atoms with van der Waals surface area (Å²) in [6.07, 6.45) is 0.944. The van der Waals surface area contributed by atoms with Crippen molar-refractivity contribution in [1.82, 2.24) is 24.8 Å². The number of rotatable bonds is 3. The molecule has 4 rings (SSSR count). The topological polar surface area (TPSA) is 60.0 Å². The summed E-state index contributed by atoms with van der Waals surface area (Å²) in [4.78, 5) is 6.32. The maximum Gasteiger partial charge on any atom is 0.417 e. The van der Waals surface area contributed by atoms with Gasteiger partial charge in [0, 0.05) is 43.5 Å². The minimum atomic E-state index is -4.48. The van der Waals surface area contributed by atoms with Gasteiger partial charge in [-0.05, 0) is 32.4 Å². The zero-order valence-corrected chi connectivity index (χ0v) is 15.1. The van der Waals surface area contributed by atoms with Crippen molar-refractivity contribution in [2.45, 2.75) is 38.4 Å². The number of alkyl halides is 3. The van der Waals surface area contributed by atoms with Gasteiger partial charge in [-0.15, -0.1) is 0 Å². The van der Waals surface area contributed by atoms with E-state index in [1.165, 1.54) is 6.92 Å². The van der Waals surface area contributed by atoms with Crippen LogP contribution in [0.2, 0.25) is 0 Å². The first-order valence-corrected chi connectivity index (χ1v) is 8.85. The number of fused-ring (bicyclic) bond motifs is 1. The highest BCUT2D eigenvalue weighted by molar-refractivity contribution is 5.81. The van der Waals surface area contributed by atoms with Crippen LogP contribution in [0.25, 0.3) is 11.1 Å². The van der Waals surface area contributed by atoms with Crippen molar-refractivity contribution in [3.63, 3.8) is 0 Å². The lowest BCUT2D eigenvalue weighted by molar-refractivity contribution is -0.136. The van der Waals surface area contributed by atoms with Gasteiger partial charge in [0.05, 0.1) is 22.8 Å². The monoisotopic (exact) mass is 379 g/mol. The average Bonchev–Trinajstić information content (AvgIpc) is 3.19. The minimum Gasteiger partial charge on any atom is -0.336 e. The standard InChI is InChI=1S/C18H20F3N5O/c1-11-6-14(18(19,20)21)15-16(24-27-17(15)23-11)13-4-3-5-26(10-13)9-12-7-22-25(2)8-12/h6-8,13H,3-5,9-10H2,1-2H3/t13-/m1/s1. The highest BCUT2D eigenvalue weighted by Crippen LogP contribution is 2.40. The van der Waals surface area contributed by atoms with Crippen molar-refractivity contribution in [2.75, 3.05) is 13.1 Å². The van der Waals surface area contributed by atoms with Crippen molar-refractivity contribution in [2.24, 2.45) is 7.05 Å². The summed E-state index contributed by atoms with van der Waals surface area (Å²) >= 11 is 0. The molecule has 1 aliphatic rings. The fraction of sp³-hybridized carbons (Fsp3) is 0.500. The maximum absolute atomic E-state index is 13.6. The molecular weight excluding hydrogens is 359 g/mol. The van der Waals surface area contributed by atoms with E-state index in [0.717, 1.165) is 31.0 Å². The maximum atomic E-state index is 13.6. The number of aromatic nitrogens is 4. The Balaban J connectivity index is 1.65. The molecule has 3 aromatic rings. The van der Waals surface area contributed by atoms with Crippen LogP contribution in [-0.2, 0) is 19.8 Å². The van der Waals surface area contributed by atoms with Crippen LogP contribution in [0.3, 0.4) is 0 Å². The van der Waals surface area contributed by atoms with E-state index in [2.05, 4.69) is 20.1 Å². The number of halogens is 3. The van der Waals surface area contributed by atoms with Gasteiger partial charge in [0.25, 0.3) is 5.71 Å². The van der Waals surface area contributed by atoms with Gasteiger partial charge < -0.3 is 4.52 Å². The zero-order valence-electron chi connectivity index (χ0n) is 15.1. The molecule has 0 saturated carbocycles. The van der Waals surface area contributed by atoms with Crippen LogP contribution in [-0.4, -0.2) is 37.9 Å². The van der Waals surface area contributed by atoms with E-state index < -0.39 is 11.7 Å². The summed E-state index contributed by atoms with van der Waals surface area (Å²) in [7, 11) is 1.86. The number of likely N-dealkylation sites (tertiary alicyclic amines) is 1. The highest BCUT2D eigenvalue weighted by atomic mass is 19.4. The lowest BCUT2D eigenvalue weighted by atomic mass is 9.91. The molecule has 1 saturated heterocycles. The number of aryl methyl sites for hydroxylation is 2. The Kier molecular flexibility index (Phi) is 4.41. The van der Waals surface area contributed by atoms with E-state index in [0.29, 0.717) is 18.8 Å². The molecular formula is C18H20F3N5O. The van der Waals surface area contributed by atoms with Crippen LogP contribution in [0.15, 0.2) is 23.0 Å². The highest BCUT2D eigenvalue weighted by Gasteiger charge is 2.37. The second-order valence-electron chi connectivity index (χ2n) is 7.15. The molecule has 0 radical (unpaired) electrons. The zero-order chi connectivity index (χ0) is 19.2. The van der Waals surface area contributed by atoms with Crippen molar-refractivity contribution >= 4 is 11.1 Å². The van der Waals surface area contributed by atoms with Gasteiger partial charge in [-0.25, -0.2) is 4.98 Å². The molecule has 0 aliphatic carbocycles. The Bertz CT molecular complexity index is 962. The molecule has 1 aliphatic heterocycles. The number of nitrogens with zero attached hydrogens (tertiary/aromatic N) is 5. The van der Waals surface area contributed by atoms with Gasteiger partial charge in [-0.3, -0.25) is 9.58 Å². The lowest BCUT2D eigenvalue weighted by Crippen LogP contribution is -2.34. The van der Waals surface area contributed by atoms with Crippen molar-refractivity contribution < 1.29 is 17.7 Å². The van der Waals surface area contributed by atoms with E-state index in [1.807, 2.05) is 19.4 Å².